The standard InChI is InChI=1S/C16H21N3O11P2/c1-9-3-2-4-10(17-9)8-31(24,25)30-32(26,27)28-7-11-13(21)14(22)15(29-11)19-6-5-12(20)18-16(19)23/h2-6,11,13-15,21-22H,7-8H2,1H3,(H,24,25)(H,26,27)(H,18,20,23)/t11-,13-,14-,15-/m1/s1. The summed E-state index contributed by atoms with van der Waals surface area (Å²) in [5.74, 6) is 0. The van der Waals surface area contributed by atoms with Gasteiger partial charge in [-0.2, -0.15) is 0 Å². The lowest BCUT2D eigenvalue weighted by molar-refractivity contribution is -0.0541. The molecule has 1 saturated heterocycles. The summed E-state index contributed by atoms with van der Waals surface area (Å²) in [6, 6.07) is 5.67. The maximum atomic E-state index is 12.2. The number of nitrogens with one attached hydrogen (secondary N) is 1. The molecule has 0 amide bonds. The zero-order valence-corrected chi connectivity index (χ0v) is 18.3. The fraction of sp³-hybridized carbons (Fsp3) is 0.438. The number of phosphoric acid groups is 1. The Bertz CT molecular complexity index is 1180. The number of aromatic amines is 1. The normalized spacial score (nSPS) is 27.0. The zero-order chi connectivity index (χ0) is 23.7. The second-order valence-corrected chi connectivity index (χ2v) is 10.4. The highest BCUT2D eigenvalue weighted by molar-refractivity contribution is 7.63. The summed E-state index contributed by atoms with van der Waals surface area (Å²) in [6.45, 7) is 0.825. The van der Waals surface area contributed by atoms with Gasteiger partial charge in [-0.05, 0) is 19.1 Å². The van der Waals surface area contributed by atoms with Gasteiger partial charge in [-0.3, -0.25) is 28.4 Å². The Hall–Kier alpha value is -1.99. The van der Waals surface area contributed by atoms with Gasteiger partial charge in [0.2, 0.25) is 0 Å². The number of pyridine rings is 1. The molecule has 1 aliphatic rings. The first-order valence-corrected chi connectivity index (χ1v) is 12.4. The summed E-state index contributed by atoms with van der Waals surface area (Å²) < 4.78 is 39.5. The van der Waals surface area contributed by atoms with Gasteiger partial charge in [0.25, 0.3) is 5.56 Å². The first-order chi connectivity index (χ1) is 14.9. The minimum atomic E-state index is -5.10. The van der Waals surface area contributed by atoms with Gasteiger partial charge in [0.15, 0.2) is 6.23 Å². The Morgan fingerprint density at radius 2 is 1.91 bits per heavy atom. The molecule has 176 valence electrons. The Morgan fingerprint density at radius 3 is 2.56 bits per heavy atom. The molecule has 5 N–H and O–H groups in total. The lowest BCUT2D eigenvalue weighted by Gasteiger charge is -2.19. The van der Waals surface area contributed by atoms with Crippen molar-refractivity contribution < 1.29 is 42.7 Å². The number of aromatic nitrogens is 3. The predicted octanol–water partition coefficient (Wildman–Crippen LogP) is -0.622. The maximum absolute atomic E-state index is 12.2. The number of aliphatic hydroxyl groups is 2. The quantitative estimate of drug-likeness (QED) is 0.291. The van der Waals surface area contributed by atoms with Crippen LogP contribution in [0.25, 0.3) is 0 Å². The molecule has 1 aliphatic heterocycles. The Morgan fingerprint density at radius 1 is 1.19 bits per heavy atom. The van der Waals surface area contributed by atoms with E-state index in [9.17, 15) is 38.7 Å². The van der Waals surface area contributed by atoms with Crippen LogP contribution in [0.4, 0.5) is 0 Å². The summed E-state index contributed by atoms with van der Waals surface area (Å²) in [7, 11) is -9.75. The first kappa shape index (κ1) is 24.6. The van der Waals surface area contributed by atoms with Crippen molar-refractivity contribution in [2.75, 3.05) is 6.61 Å². The molecule has 0 bridgehead atoms. The van der Waals surface area contributed by atoms with Gasteiger partial charge in [0, 0.05) is 18.0 Å². The summed E-state index contributed by atoms with van der Waals surface area (Å²) in [5, 5.41) is 20.3. The lowest BCUT2D eigenvalue weighted by Crippen LogP contribution is -2.37. The average molecular weight is 493 g/mol. The molecule has 2 aromatic heterocycles. The number of phosphoric ester groups is 1. The molecule has 0 radical (unpaired) electrons. The van der Waals surface area contributed by atoms with Crippen molar-refractivity contribution in [3.05, 3.63) is 62.7 Å². The van der Waals surface area contributed by atoms with Crippen LogP contribution in [-0.2, 0) is 28.9 Å². The Labute approximate surface area is 180 Å². The van der Waals surface area contributed by atoms with E-state index in [0.29, 0.717) is 5.69 Å². The average Bonchev–Trinajstić information content (AvgIpc) is 2.93. The minimum Gasteiger partial charge on any atom is -0.387 e. The van der Waals surface area contributed by atoms with Crippen molar-refractivity contribution in [3.8, 4) is 0 Å². The summed E-state index contributed by atoms with van der Waals surface area (Å²) in [4.78, 5) is 48.7. The number of hydrogen-bond acceptors (Lipinski definition) is 10. The fourth-order valence-electron chi connectivity index (χ4n) is 3.00. The number of nitrogens with zero attached hydrogens (tertiary/aromatic N) is 2. The van der Waals surface area contributed by atoms with Gasteiger partial charge in [-0.25, -0.2) is 13.7 Å². The molecule has 32 heavy (non-hydrogen) atoms. The summed E-state index contributed by atoms with van der Waals surface area (Å²) >= 11 is 0. The van der Waals surface area contributed by atoms with E-state index in [1.165, 1.54) is 6.07 Å². The molecule has 2 unspecified atom stereocenters. The van der Waals surface area contributed by atoms with Crippen LogP contribution in [0.2, 0.25) is 0 Å². The number of H-pyrrole nitrogens is 1. The van der Waals surface area contributed by atoms with E-state index in [0.717, 1.165) is 16.8 Å². The van der Waals surface area contributed by atoms with Crippen molar-refractivity contribution in [2.24, 2.45) is 0 Å². The molecule has 16 heteroatoms. The zero-order valence-electron chi connectivity index (χ0n) is 16.5. The third kappa shape index (κ3) is 6.07. The van der Waals surface area contributed by atoms with Crippen LogP contribution >= 0.6 is 15.4 Å². The maximum Gasteiger partial charge on any atom is 0.479 e. The highest BCUT2D eigenvalue weighted by Crippen LogP contribution is 2.61. The molecule has 1 fully saturated rings. The van der Waals surface area contributed by atoms with E-state index in [4.69, 9.17) is 4.74 Å². The van der Waals surface area contributed by atoms with E-state index in [-0.39, 0.29) is 5.69 Å². The largest absolute Gasteiger partial charge is 0.479 e. The van der Waals surface area contributed by atoms with E-state index in [1.54, 1.807) is 19.1 Å². The molecule has 6 atom stereocenters. The molecule has 14 nitrogen and oxygen atoms in total. The van der Waals surface area contributed by atoms with Crippen LogP contribution in [-0.4, -0.2) is 59.5 Å². The van der Waals surface area contributed by atoms with E-state index in [2.05, 4.69) is 13.8 Å². The van der Waals surface area contributed by atoms with E-state index >= 15 is 0 Å². The highest BCUT2D eigenvalue weighted by Gasteiger charge is 2.45. The molecule has 0 saturated carbocycles. The van der Waals surface area contributed by atoms with Crippen LogP contribution < -0.4 is 11.2 Å². The number of rotatable bonds is 8. The van der Waals surface area contributed by atoms with Gasteiger partial charge in [-0.1, -0.05) is 6.07 Å². The van der Waals surface area contributed by atoms with E-state index < -0.39 is 64.0 Å². The SMILES string of the molecule is Cc1cccc(CP(=O)(O)OP(=O)(O)OC[C@H]2O[C@@H](n3ccc(=O)[nH]c3=O)[C@H](O)[C@@H]2O)n1. The van der Waals surface area contributed by atoms with Crippen molar-refractivity contribution >= 4 is 15.4 Å². The molecule has 2 aromatic rings. The van der Waals surface area contributed by atoms with Crippen LogP contribution in [0, 0.1) is 6.92 Å². The minimum absolute atomic E-state index is 0.155. The van der Waals surface area contributed by atoms with Crippen LogP contribution in [0.5, 0.6) is 0 Å². The van der Waals surface area contributed by atoms with Gasteiger partial charge in [0.1, 0.15) is 18.3 Å². The first-order valence-electron chi connectivity index (χ1n) is 9.13. The molecule has 0 spiro atoms. The topological polar surface area (TPSA) is 210 Å². The van der Waals surface area contributed by atoms with Crippen LogP contribution in [0.15, 0.2) is 40.1 Å². The second-order valence-electron chi connectivity index (χ2n) is 6.98. The van der Waals surface area contributed by atoms with Crippen molar-refractivity contribution in [1.29, 1.82) is 0 Å². The summed E-state index contributed by atoms with van der Waals surface area (Å²) in [6.07, 6.45) is -5.76. The second kappa shape index (κ2) is 9.48. The van der Waals surface area contributed by atoms with Gasteiger partial charge >= 0.3 is 21.1 Å². The van der Waals surface area contributed by atoms with Crippen molar-refractivity contribution in [2.45, 2.75) is 37.6 Å². The fourth-order valence-corrected chi connectivity index (χ4v) is 5.63. The predicted molar refractivity (Wildman–Crippen MR) is 107 cm³/mol. The van der Waals surface area contributed by atoms with Gasteiger partial charge in [-0.15, -0.1) is 0 Å². The third-order valence-electron chi connectivity index (χ3n) is 4.40. The van der Waals surface area contributed by atoms with E-state index in [1.807, 2.05) is 4.98 Å². The molecular formula is C16H21N3O11P2. The Balaban J connectivity index is 1.63. The van der Waals surface area contributed by atoms with Gasteiger partial charge < -0.3 is 24.7 Å². The number of aryl methyl sites for hydroxylation is 1. The number of ether oxygens (including phenoxy) is 1. The van der Waals surface area contributed by atoms with Crippen LogP contribution in [0.3, 0.4) is 0 Å². The molecule has 0 aromatic carbocycles. The highest BCUT2D eigenvalue weighted by atomic mass is 31.3. The van der Waals surface area contributed by atoms with Crippen LogP contribution in [0.1, 0.15) is 17.6 Å². The van der Waals surface area contributed by atoms with Gasteiger partial charge in [0.05, 0.1) is 18.5 Å². The number of hydrogen-bond donors (Lipinski definition) is 5. The smallest absolute Gasteiger partial charge is 0.387 e. The molecule has 3 rings (SSSR count). The third-order valence-corrected chi connectivity index (χ3v) is 7.45. The molecule has 0 aliphatic carbocycles. The van der Waals surface area contributed by atoms with Crippen molar-refractivity contribution in [3.63, 3.8) is 0 Å². The Kier molecular flexibility index (Phi) is 7.30. The summed E-state index contributed by atoms with van der Waals surface area (Å²) in [5.41, 5.74) is -0.889. The number of aliphatic hydroxyl groups excluding tert-OH is 2. The van der Waals surface area contributed by atoms with Crippen molar-refractivity contribution in [1.82, 2.24) is 14.5 Å². The lowest BCUT2D eigenvalue weighted by atomic mass is 10.1. The molecule has 3 heterocycles. The molecular weight excluding hydrogens is 472 g/mol. The monoisotopic (exact) mass is 493 g/mol.